The number of nitro groups is 1. The summed E-state index contributed by atoms with van der Waals surface area (Å²) in [5, 5.41) is 20.3. The Morgan fingerprint density at radius 3 is 2.57 bits per heavy atom. The lowest BCUT2D eigenvalue weighted by molar-refractivity contribution is -0.385. The first-order valence-corrected chi connectivity index (χ1v) is 9.24. The number of rotatable bonds is 4. The van der Waals surface area contributed by atoms with E-state index >= 15 is 0 Å². The molecule has 1 heterocycles. The van der Waals surface area contributed by atoms with E-state index in [1.54, 1.807) is 36.1 Å². The zero-order valence-corrected chi connectivity index (χ0v) is 15.8. The maximum Gasteiger partial charge on any atom is 0.285 e. The SMILES string of the molecule is Cc1cccc(C(=O)N2CCCN(Cc3ccc(C#N)cc3)CC2)c1[N+](=O)[O-]. The number of nitriles is 1. The lowest BCUT2D eigenvalue weighted by Crippen LogP contribution is -2.35. The lowest BCUT2D eigenvalue weighted by Gasteiger charge is -2.22. The van der Waals surface area contributed by atoms with E-state index in [9.17, 15) is 14.9 Å². The van der Waals surface area contributed by atoms with Crippen LogP contribution in [-0.4, -0.2) is 46.8 Å². The molecule has 1 fully saturated rings. The van der Waals surface area contributed by atoms with E-state index in [2.05, 4.69) is 11.0 Å². The minimum atomic E-state index is -0.475. The number of nitro benzene ring substituents is 1. The number of carbonyl (C=O) groups excluding carboxylic acids is 1. The van der Waals surface area contributed by atoms with Crippen LogP contribution in [0.15, 0.2) is 42.5 Å². The summed E-state index contributed by atoms with van der Waals surface area (Å²) in [5.41, 5.74) is 2.30. The molecule has 0 unspecified atom stereocenters. The molecule has 0 saturated carbocycles. The predicted octanol–water partition coefficient (Wildman–Crippen LogP) is 3.12. The van der Waals surface area contributed by atoms with E-state index in [0.717, 1.165) is 25.1 Å². The maximum absolute atomic E-state index is 12.9. The molecular weight excluding hydrogens is 356 g/mol. The minimum absolute atomic E-state index is 0.105. The lowest BCUT2D eigenvalue weighted by atomic mass is 10.1. The zero-order valence-electron chi connectivity index (χ0n) is 15.8. The fourth-order valence-electron chi connectivity index (χ4n) is 3.52. The van der Waals surface area contributed by atoms with Crippen molar-refractivity contribution in [2.45, 2.75) is 19.9 Å². The Bertz CT molecular complexity index is 918. The van der Waals surface area contributed by atoms with Gasteiger partial charge in [0.1, 0.15) is 5.56 Å². The van der Waals surface area contributed by atoms with Gasteiger partial charge in [-0.1, -0.05) is 24.3 Å². The molecular formula is C21H22N4O3. The van der Waals surface area contributed by atoms with Gasteiger partial charge < -0.3 is 4.90 Å². The monoisotopic (exact) mass is 378 g/mol. The first-order valence-electron chi connectivity index (χ1n) is 9.24. The summed E-state index contributed by atoms with van der Waals surface area (Å²) in [6.07, 6.45) is 0.807. The average molecular weight is 378 g/mol. The second-order valence-electron chi connectivity index (χ2n) is 6.96. The van der Waals surface area contributed by atoms with Crippen molar-refractivity contribution in [3.63, 3.8) is 0 Å². The Morgan fingerprint density at radius 2 is 1.89 bits per heavy atom. The smallest absolute Gasteiger partial charge is 0.285 e. The minimum Gasteiger partial charge on any atom is -0.337 e. The van der Waals surface area contributed by atoms with Crippen molar-refractivity contribution in [1.82, 2.24) is 9.80 Å². The van der Waals surface area contributed by atoms with Crippen LogP contribution >= 0.6 is 0 Å². The van der Waals surface area contributed by atoms with Gasteiger partial charge in [0, 0.05) is 38.3 Å². The molecule has 2 aromatic carbocycles. The summed E-state index contributed by atoms with van der Waals surface area (Å²) < 4.78 is 0. The van der Waals surface area contributed by atoms with Crippen LogP contribution in [0.3, 0.4) is 0 Å². The quantitative estimate of drug-likeness (QED) is 0.602. The number of hydrogen-bond donors (Lipinski definition) is 0. The molecule has 0 bridgehead atoms. The normalized spacial score (nSPS) is 14.9. The molecule has 1 aliphatic heterocycles. The summed E-state index contributed by atoms with van der Waals surface area (Å²) in [6.45, 7) is 5.05. The van der Waals surface area contributed by atoms with Gasteiger partial charge in [0.15, 0.2) is 0 Å². The van der Waals surface area contributed by atoms with Crippen molar-refractivity contribution >= 4 is 11.6 Å². The predicted molar refractivity (Wildman–Crippen MR) is 105 cm³/mol. The van der Waals surface area contributed by atoms with Crippen LogP contribution in [0, 0.1) is 28.4 Å². The van der Waals surface area contributed by atoms with Crippen LogP contribution in [0.25, 0.3) is 0 Å². The summed E-state index contributed by atoms with van der Waals surface area (Å²) in [6, 6.07) is 14.5. The van der Waals surface area contributed by atoms with E-state index in [0.29, 0.717) is 30.8 Å². The Hall–Kier alpha value is -3.24. The van der Waals surface area contributed by atoms with Crippen LogP contribution in [0.1, 0.15) is 33.5 Å². The van der Waals surface area contributed by atoms with Crippen molar-refractivity contribution in [1.29, 1.82) is 5.26 Å². The van der Waals surface area contributed by atoms with Crippen molar-refractivity contribution in [2.75, 3.05) is 26.2 Å². The molecule has 28 heavy (non-hydrogen) atoms. The third kappa shape index (κ3) is 4.35. The van der Waals surface area contributed by atoms with Gasteiger partial charge in [-0.15, -0.1) is 0 Å². The van der Waals surface area contributed by atoms with Crippen LogP contribution < -0.4 is 0 Å². The average Bonchev–Trinajstić information content (AvgIpc) is 2.93. The summed E-state index contributed by atoms with van der Waals surface area (Å²) in [7, 11) is 0. The van der Waals surface area contributed by atoms with Gasteiger partial charge in [-0.2, -0.15) is 5.26 Å². The molecule has 3 rings (SSSR count). The summed E-state index contributed by atoms with van der Waals surface area (Å²) in [4.78, 5) is 27.8. The molecule has 0 spiro atoms. The maximum atomic E-state index is 12.9. The highest BCUT2D eigenvalue weighted by Crippen LogP contribution is 2.25. The first-order chi connectivity index (χ1) is 13.5. The molecule has 0 N–H and O–H groups in total. The van der Waals surface area contributed by atoms with Crippen LogP contribution in [0.2, 0.25) is 0 Å². The molecule has 1 aliphatic rings. The third-order valence-electron chi connectivity index (χ3n) is 5.02. The fraction of sp³-hybridized carbons (Fsp3) is 0.333. The Kier molecular flexibility index (Phi) is 6.02. The van der Waals surface area contributed by atoms with Gasteiger partial charge >= 0.3 is 0 Å². The summed E-state index contributed by atoms with van der Waals surface area (Å²) in [5.74, 6) is -0.282. The number of carbonyl (C=O) groups is 1. The fourth-order valence-corrected chi connectivity index (χ4v) is 3.52. The number of benzene rings is 2. The van der Waals surface area contributed by atoms with Crippen LogP contribution in [0.5, 0.6) is 0 Å². The molecule has 0 radical (unpaired) electrons. The highest BCUT2D eigenvalue weighted by molar-refractivity contribution is 5.98. The number of para-hydroxylation sites is 1. The van der Waals surface area contributed by atoms with Crippen molar-refractivity contribution in [3.8, 4) is 6.07 Å². The second-order valence-corrected chi connectivity index (χ2v) is 6.96. The molecule has 7 heteroatoms. The first kappa shape index (κ1) is 19.5. The van der Waals surface area contributed by atoms with Crippen LogP contribution in [-0.2, 0) is 6.54 Å². The van der Waals surface area contributed by atoms with Gasteiger partial charge in [-0.3, -0.25) is 19.8 Å². The molecule has 144 valence electrons. The van der Waals surface area contributed by atoms with E-state index in [-0.39, 0.29) is 17.2 Å². The third-order valence-corrected chi connectivity index (χ3v) is 5.02. The topological polar surface area (TPSA) is 90.5 Å². The van der Waals surface area contributed by atoms with Crippen molar-refractivity contribution in [3.05, 3.63) is 74.8 Å². The highest BCUT2D eigenvalue weighted by Gasteiger charge is 2.27. The number of amides is 1. The van der Waals surface area contributed by atoms with Gasteiger partial charge in [-0.05, 0) is 37.1 Å². The largest absolute Gasteiger partial charge is 0.337 e. The molecule has 1 amide bonds. The molecule has 0 aromatic heterocycles. The zero-order chi connectivity index (χ0) is 20.1. The summed E-state index contributed by atoms with van der Waals surface area (Å²) >= 11 is 0. The van der Waals surface area contributed by atoms with Gasteiger partial charge in [0.25, 0.3) is 11.6 Å². The van der Waals surface area contributed by atoms with E-state index in [4.69, 9.17) is 5.26 Å². The van der Waals surface area contributed by atoms with E-state index in [1.165, 1.54) is 6.07 Å². The van der Waals surface area contributed by atoms with E-state index in [1.807, 2.05) is 12.1 Å². The molecule has 0 aliphatic carbocycles. The van der Waals surface area contributed by atoms with Crippen LogP contribution in [0.4, 0.5) is 5.69 Å². The number of nitrogens with zero attached hydrogens (tertiary/aromatic N) is 4. The van der Waals surface area contributed by atoms with Gasteiger partial charge in [0.2, 0.25) is 0 Å². The Morgan fingerprint density at radius 1 is 1.14 bits per heavy atom. The Labute approximate surface area is 163 Å². The molecule has 7 nitrogen and oxygen atoms in total. The van der Waals surface area contributed by atoms with Crippen molar-refractivity contribution < 1.29 is 9.72 Å². The standard InChI is InChI=1S/C21H22N4O3/c1-16-4-2-5-19(20(16)25(27)28)21(26)24-11-3-10-23(12-13-24)15-18-8-6-17(14-22)7-9-18/h2,4-9H,3,10-13,15H2,1H3. The second kappa shape index (κ2) is 8.63. The highest BCUT2D eigenvalue weighted by atomic mass is 16.6. The van der Waals surface area contributed by atoms with Gasteiger partial charge in [0.05, 0.1) is 16.6 Å². The van der Waals surface area contributed by atoms with Gasteiger partial charge in [-0.25, -0.2) is 0 Å². The number of aryl methyl sites for hydroxylation is 1. The Balaban J connectivity index is 1.68. The molecule has 2 aromatic rings. The van der Waals surface area contributed by atoms with Crippen molar-refractivity contribution in [2.24, 2.45) is 0 Å². The van der Waals surface area contributed by atoms with E-state index < -0.39 is 4.92 Å². The molecule has 0 atom stereocenters. The number of hydrogen-bond acceptors (Lipinski definition) is 5. The molecule has 1 saturated heterocycles.